The Hall–Kier alpha value is -1.05. The van der Waals surface area contributed by atoms with E-state index in [1.165, 1.54) is 6.07 Å². The molecule has 1 aliphatic rings. The minimum absolute atomic E-state index is 0.171. The molecule has 2 heteroatoms. The summed E-state index contributed by atoms with van der Waals surface area (Å²) in [6.07, 6.45) is 1.18. The summed E-state index contributed by atoms with van der Waals surface area (Å²) in [7, 11) is 0. The van der Waals surface area contributed by atoms with Gasteiger partial charge in [0.2, 0.25) is 0 Å². The van der Waals surface area contributed by atoms with Crippen molar-refractivity contribution in [1.29, 1.82) is 0 Å². The van der Waals surface area contributed by atoms with Crippen LogP contribution in [-0.4, -0.2) is 6.10 Å². The van der Waals surface area contributed by atoms with E-state index in [-0.39, 0.29) is 11.9 Å². The van der Waals surface area contributed by atoms with E-state index in [2.05, 4.69) is 6.92 Å². The largest absolute Gasteiger partial charge is 0.490 e. The highest BCUT2D eigenvalue weighted by atomic mass is 19.1. The van der Waals surface area contributed by atoms with Gasteiger partial charge in [-0.1, -0.05) is 6.92 Å². The molecule has 0 aromatic heterocycles. The molecule has 13 heavy (non-hydrogen) atoms. The first-order valence-corrected chi connectivity index (χ1v) is 4.68. The third-order valence-corrected chi connectivity index (χ3v) is 2.69. The summed E-state index contributed by atoms with van der Waals surface area (Å²) in [5.74, 6) is 1.03. The third-order valence-electron chi connectivity index (χ3n) is 2.69. The molecule has 1 aromatic carbocycles. The molecule has 1 unspecified atom stereocenters. The van der Waals surface area contributed by atoms with E-state index in [9.17, 15) is 4.39 Å². The average molecular weight is 180 g/mol. The Kier molecular flexibility index (Phi) is 1.98. The predicted molar refractivity (Wildman–Crippen MR) is 49.5 cm³/mol. The summed E-state index contributed by atoms with van der Waals surface area (Å²) < 4.78 is 18.5. The molecular weight excluding hydrogens is 167 g/mol. The van der Waals surface area contributed by atoms with E-state index >= 15 is 0 Å². The van der Waals surface area contributed by atoms with Gasteiger partial charge in [-0.2, -0.15) is 0 Å². The van der Waals surface area contributed by atoms with Crippen molar-refractivity contribution in [2.24, 2.45) is 0 Å². The van der Waals surface area contributed by atoms with Crippen molar-refractivity contribution in [2.45, 2.75) is 32.3 Å². The monoisotopic (exact) mass is 180 g/mol. The normalized spacial score (nSPS) is 25.5. The summed E-state index contributed by atoms with van der Waals surface area (Å²) in [5.41, 5.74) is 1.02. The second-order valence-corrected chi connectivity index (χ2v) is 3.52. The Bertz CT molecular complexity index is 322. The van der Waals surface area contributed by atoms with Crippen LogP contribution >= 0.6 is 0 Å². The molecule has 0 radical (unpaired) electrons. The molecule has 1 nitrogen and oxygen atoms in total. The average Bonchev–Trinajstić information content (AvgIpc) is 2.40. The van der Waals surface area contributed by atoms with Gasteiger partial charge in [-0.15, -0.1) is 0 Å². The highest BCUT2D eigenvalue weighted by molar-refractivity contribution is 5.41. The first kappa shape index (κ1) is 8.54. The van der Waals surface area contributed by atoms with Gasteiger partial charge in [-0.25, -0.2) is 4.39 Å². The van der Waals surface area contributed by atoms with E-state index in [0.29, 0.717) is 5.92 Å². The van der Waals surface area contributed by atoms with Gasteiger partial charge in [0.1, 0.15) is 17.7 Å². The fraction of sp³-hybridized carbons (Fsp3) is 0.455. The van der Waals surface area contributed by atoms with Crippen molar-refractivity contribution in [3.63, 3.8) is 0 Å². The van der Waals surface area contributed by atoms with Crippen molar-refractivity contribution in [2.75, 3.05) is 0 Å². The van der Waals surface area contributed by atoms with Crippen molar-refractivity contribution >= 4 is 0 Å². The summed E-state index contributed by atoms with van der Waals surface area (Å²) >= 11 is 0. The zero-order chi connectivity index (χ0) is 9.42. The molecule has 70 valence electrons. The number of halogens is 1. The van der Waals surface area contributed by atoms with Crippen LogP contribution in [0.4, 0.5) is 4.39 Å². The lowest BCUT2D eigenvalue weighted by atomic mass is 9.94. The van der Waals surface area contributed by atoms with Gasteiger partial charge >= 0.3 is 0 Å². The Morgan fingerprint density at radius 1 is 1.46 bits per heavy atom. The Morgan fingerprint density at radius 3 is 2.92 bits per heavy atom. The second kappa shape index (κ2) is 3.02. The van der Waals surface area contributed by atoms with Gasteiger partial charge in [-0.05, 0) is 31.5 Å². The molecular formula is C11H13FO. The first-order chi connectivity index (χ1) is 6.22. The molecule has 2 atom stereocenters. The highest BCUT2D eigenvalue weighted by Gasteiger charge is 2.29. The number of ether oxygens (including phenoxy) is 1. The van der Waals surface area contributed by atoms with Crippen molar-refractivity contribution in [3.05, 3.63) is 29.6 Å². The van der Waals surface area contributed by atoms with Gasteiger partial charge in [0.05, 0.1) is 0 Å². The van der Waals surface area contributed by atoms with Crippen LogP contribution in [0.3, 0.4) is 0 Å². The fourth-order valence-electron chi connectivity index (χ4n) is 2.00. The first-order valence-electron chi connectivity index (χ1n) is 4.68. The lowest BCUT2D eigenvalue weighted by Gasteiger charge is -2.11. The van der Waals surface area contributed by atoms with Crippen molar-refractivity contribution in [3.8, 4) is 5.75 Å². The lowest BCUT2D eigenvalue weighted by molar-refractivity contribution is 0.224. The van der Waals surface area contributed by atoms with Gasteiger partial charge in [0.15, 0.2) is 0 Å². The molecule has 0 spiro atoms. The van der Waals surface area contributed by atoms with Gasteiger partial charge in [-0.3, -0.25) is 0 Å². The summed E-state index contributed by atoms with van der Waals surface area (Å²) in [6.45, 7) is 4.14. The molecule has 0 amide bonds. The molecule has 0 bridgehead atoms. The van der Waals surface area contributed by atoms with Crippen molar-refractivity contribution < 1.29 is 9.13 Å². The van der Waals surface area contributed by atoms with Crippen LogP contribution in [0.25, 0.3) is 0 Å². The second-order valence-electron chi connectivity index (χ2n) is 3.52. The molecule has 0 saturated heterocycles. The molecule has 1 heterocycles. The maximum absolute atomic E-state index is 12.9. The third kappa shape index (κ3) is 1.30. The molecule has 0 aliphatic carbocycles. The number of hydrogen-bond donors (Lipinski definition) is 0. The lowest BCUT2D eigenvalue weighted by Crippen LogP contribution is -2.12. The van der Waals surface area contributed by atoms with E-state index in [4.69, 9.17) is 4.74 Å². The topological polar surface area (TPSA) is 9.23 Å². The standard InChI is InChI=1S/C11H13FO/c1-3-9-7(2)13-11-5-4-8(12)6-10(9)11/h4-7,9H,3H2,1-2H3/t7?,9-/m0/s1. The number of fused-ring (bicyclic) bond motifs is 1. The summed E-state index contributed by atoms with van der Waals surface area (Å²) in [5, 5.41) is 0. The van der Waals surface area contributed by atoms with Crippen LogP contribution < -0.4 is 4.74 Å². The molecule has 1 aliphatic heterocycles. The number of benzene rings is 1. The SMILES string of the molecule is CC[C@@H]1c2cc(F)ccc2OC1C. The van der Waals surface area contributed by atoms with Crippen LogP contribution in [0.15, 0.2) is 18.2 Å². The van der Waals surface area contributed by atoms with Crippen LogP contribution in [0.1, 0.15) is 31.7 Å². The predicted octanol–water partition coefficient (Wildman–Crippen LogP) is 3.10. The summed E-state index contributed by atoms with van der Waals surface area (Å²) in [6, 6.07) is 4.76. The van der Waals surface area contributed by atoms with E-state index < -0.39 is 0 Å². The number of hydrogen-bond acceptors (Lipinski definition) is 1. The zero-order valence-corrected chi connectivity index (χ0v) is 7.88. The minimum Gasteiger partial charge on any atom is -0.490 e. The minimum atomic E-state index is -0.171. The molecule has 2 rings (SSSR count). The Morgan fingerprint density at radius 2 is 2.23 bits per heavy atom. The Labute approximate surface area is 77.5 Å². The molecule has 1 aromatic rings. The van der Waals surface area contributed by atoms with Gasteiger partial charge in [0.25, 0.3) is 0 Å². The van der Waals surface area contributed by atoms with Gasteiger partial charge in [0, 0.05) is 11.5 Å². The van der Waals surface area contributed by atoms with Crippen LogP contribution in [-0.2, 0) is 0 Å². The van der Waals surface area contributed by atoms with Crippen LogP contribution in [0, 0.1) is 5.82 Å². The Balaban J connectivity index is 2.44. The van der Waals surface area contributed by atoms with Crippen LogP contribution in [0.5, 0.6) is 5.75 Å². The quantitative estimate of drug-likeness (QED) is 0.645. The fourth-order valence-corrected chi connectivity index (χ4v) is 2.00. The zero-order valence-electron chi connectivity index (χ0n) is 7.88. The maximum Gasteiger partial charge on any atom is 0.123 e. The highest BCUT2D eigenvalue weighted by Crippen LogP contribution is 2.39. The number of rotatable bonds is 1. The maximum atomic E-state index is 12.9. The van der Waals surface area contributed by atoms with E-state index in [1.807, 2.05) is 6.92 Å². The van der Waals surface area contributed by atoms with E-state index in [0.717, 1.165) is 17.7 Å². The molecule has 0 saturated carbocycles. The summed E-state index contributed by atoms with van der Waals surface area (Å²) in [4.78, 5) is 0. The molecule has 0 fully saturated rings. The van der Waals surface area contributed by atoms with Crippen molar-refractivity contribution in [1.82, 2.24) is 0 Å². The van der Waals surface area contributed by atoms with Gasteiger partial charge < -0.3 is 4.74 Å². The van der Waals surface area contributed by atoms with E-state index in [1.54, 1.807) is 12.1 Å². The smallest absolute Gasteiger partial charge is 0.123 e. The van der Waals surface area contributed by atoms with Crippen LogP contribution in [0.2, 0.25) is 0 Å². The molecule has 0 N–H and O–H groups in total.